The Balaban J connectivity index is 1.35. The number of aromatic nitrogens is 2. The third-order valence-electron chi connectivity index (χ3n) is 5.29. The van der Waals surface area contributed by atoms with Gasteiger partial charge in [-0.25, -0.2) is 0 Å². The largest absolute Gasteiger partial charge is 0.496 e. The summed E-state index contributed by atoms with van der Waals surface area (Å²) >= 11 is 0. The highest BCUT2D eigenvalue weighted by Crippen LogP contribution is 2.39. The average Bonchev–Trinajstić information content (AvgIpc) is 3.46. The molecule has 1 saturated heterocycles. The number of hydrogen-bond donors (Lipinski definition) is 0. The molecule has 1 aliphatic carbocycles. The van der Waals surface area contributed by atoms with Crippen LogP contribution in [0.1, 0.15) is 52.9 Å². The lowest BCUT2D eigenvalue weighted by atomic mass is 10.1. The van der Waals surface area contributed by atoms with E-state index in [1.54, 1.807) is 7.11 Å². The monoisotopic (exact) mass is 370 g/mol. The van der Waals surface area contributed by atoms with Crippen LogP contribution in [0.15, 0.2) is 22.6 Å². The molecule has 2 fully saturated rings. The van der Waals surface area contributed by atoms with E-state index in [2.05, 4.69) is 15.1 Å². The van der Waals surface area contributed by atoms with Crippen molar-refractivity contribution in [1.29, 1.82) is 0 Å². The molecule has 1 aromatic carbocycles. The Morgan fingerprint density at radius 3 is 2.81 bits per heavy atom. The zero-order valence-electron chi connectivity index (χ0n) is 16.0. The summed E-state index contributed by atoms with van der Waals surface area (Å²) in [4.78, 5) is 17.1. The molecule has 0 atom stereocenters. The number of carbonyl (C=O) groups is 1. The highest BCUT2D eigenvalue weighted by molar-refractivity contribution is 5.94. The minimum Gasteiger partial charge on any atom is -0.496 e. The van der Waals surface area contributed by atoms with Crippen LogP contribution in [0, 0.1) is 6.92 Å². The summed E-state index contributed by atoms with van der Waals surface area (Å²) in [5.74, 6) is 2.83. The first-order valence-electron chi connectivity index (χ1n) is 9.62. The van der Waals surface area contributed by atoms with Crippen molar-refractivity contribution in [3.05, 3.63) is 41.1 Å². The Bertz CT molecular complexity index is 815. The second-order valence-electron chi connectivity index (χ2n) is 7.41. The Morgan fingerprint density at radius 2 is 2.07 bits per heavy atom. The maximum Gasteiger partial charge on any atom is 0.253 e. The van der Waals surface area contributed by atoms with Gasteiger partial charge in [0.2, 0.25) is 11.8 Å². The molecule has 0 spiro atoms. The van der Waals surface area contributed by atoms with Crippen molar-refractivity contribution in [2.75, 3.05) is 33.3 Å². The molecule has 7 nitrogen and oxygen atoms in total. The molecule has 1 aromatic heterocycles. The van der Waals surface area contributed by atoms with Crippen LogP contribution in [0.25, 0.3) is 0 Å². The lowest BCUT2D eigenvalue weighted by Crippen LogP contribution is -2.35. The molecule has 0 N–H and O–H groups in total. The molecule has 144 valence electrons. The Labute approximate surface area is 159 Å². The summed E-state index contributed by atoms with van der Waals surface area (Å²) in [5, 5.41) is 8.33. The molecule has 2 heterocycles. The van der Waals surface area contributed by atoms with Gasteiger partial charge in [-0.05, 0) is 49.9 Å². The number of rotatable bonds is 5. The van der Waals surface area contributed by atoms with Gasteiger partial charge in [-0.1, -0.05) is 0 Å². The molecule has 27 heavy (non-hydrogen) atoms. The van der Waals surface area contributed by atoms with Gasteiger partial charge < -0.3 is 14.1 Å². The van der Waals surface area contributed by atoms with Crippen molar-refractivity contribution in [3.63, 3.8) is 0 Å². The third-order valence-corrected chi connectivity index (χ3v) is 5.29. The summed E-state index contributed by atoms with van der Waals surface area (Å²) in [6.45, 7) is 5.81. The highest BCUT2D eigenvalue weighted by atomic mass is 16.5. The zero-order chi connectivity index (χ0) is 18.8. The number of carbonyl (C=O) groups excluding carboxylic acids is 1. The van der Waals surface area contributed by atoms with Gasteiger partial charge in [-0.2, -0.15) is 0 Å². The van der Waals surface area contributed by atoms with Crippen LogP contribution in [0.3, 0.4) is 0 Å². The SMILES string of the molecule is COc1ccc(C(=O)N2CCCN(Cc3nnc(C4CC4)o3)CC2)cc1C. The summed E-state index contributed by atoms with van der Waals surface area (Å²) in [5.41, 5.74) is 1.69. The van der Waals surface area contributed by atoms with Crippen molar-refractivity contribution in [3.8, 4) is 5.75 Å². The molecule has 7 heteroatoms. The second-order valence-corrected chi connectivity index (χ2v) is 7.41. The molecular weight excluding hydrogens is 344 g/mol. The lowest BCUT2D eigenvalue weighted by molar-refractivity contribution is 0.0760. The number of aryl methyl sites for hydroxylation is 1. The summed E-state index contributed by atoms with van der Waals surface area (Å²) in [7, 11) is 1.64. The van der Waals surface area contributed by atoms with Crippen LogP contribution >= 0.6 is 0 Å². The van der Waals surface area contributed by atoms with Crippen LogP contribution < -0.4 is 4.74 Å². The fourth-order valence-electron chi connectivity index (χ4n) is 3.54. The normalized spacial score (nSPS) is 18.4. The summed E-state index contributed by atoms with van der Waals surface area (Å²) in [6, 6.07) is 5.61. The molecule has 4 rings (SSSR count). The molecule has 1 saturated carbocycles. The van der Waals surface area contributed by atoms with Gasteiger partial charge in [0.15, 0.2) is 0 Å². The van der Waals surface area contributed by atoms with Crippen molar-refractivity contribution < 1.29 is 13.9 Å². The van der Waals surface area contributed by atoms with Gasteiger partial charge in [0.25, 0.3) is 5.91 Å². The minimum absolute atomic E-state index is 0.0800. The highest BCUT2D eigenvalue weighted by Gasteiger charge is 2.29. The van der Waals surface area contributed by atoms with E-state index in [4.69, 9.17) is 9.15 Å². The predicted molar refractivity (Wildman–Crippen MR) is 99.8 cm³/mol. The van der Waals surface area contributed by atoms with Gasteiger partial charge >= 0.3 is 0 Å². The molecular formula is C20H26N4O3. The van der Waals surface area contributed by atoms with E-state index >= 15 is 0 Å². The van der Waals surface area contributed by atoms with Crippen LogP contribution in [-0.2, 0) is 6.54 Å². The third kappa shape index (κ3) is 4.13. The summed E-state index contributed by atoms with van der Waals surface area (Å²) in [6.07, 6.45) is 3.25. The molecule has 0 radical (unpaired) electrons. The number of amides is 1. The number of benzene rings is 1. The topological polar surface area (TPSA) is 71.7 Å². The number of methoxy groups -OCH3 is 1. The van der Waals surface area contributed by atoms with Crippen LogP contribution in [0.5, 0.6) is 5.75 Å². The van der Waals surface area contributed by atoms with E-state index in [9.17, 15) is 4.79 Å². The Hall–Kier alpha value is -2.41. The first-order valence-corrected chi connectivity index (χ1v) is 9.62. The zero-order valence-corrected chi connectivity index (χ0v) is 16.0. The predicted octanol–water partition coefficient (Wildman–Crippen LogP) is 2.61. The number of ether oxygens (including phenoxy) is 1. The molecule has 0 unspecified atom stereocenters. The maximum atomic E-state index is 12.9. The van der Waals surface area contributed by atoms with E-state index in [0.717, 1.165) is 56.1 Å². The molecule has 2 aliphatic rings. The van der Waals surface area contributed by atoms with Crippen molar-refractivity contribution in [2.45, 2.75) is 38.6 Å². The van der Waals surface area contributed by atoms with Crippen molar-refractivity contribution >= 4 is 5.91 Å². The van der Waals surface area contributed by atoms with Crippen LogP contribution in [0.2, 0.25) is 0 Å². The van der Waals surface area contributed by atoms with Gasteiger partial charge in [-0.3, -0.25) is 9.69 Å². The van der Waals surface area contributed by atoms with E-state index in [1.165, 1.54) is 0 Å². The van der Waals surface area contributed by atoms with Crippen LogP contribution in [-0.4, -0.2) is 59.2 Å². The van der Waals surface area contributed by atoms with Gasteiger partial charge in [0.05, 0.1) is 13.7 Å². The Kier molecular flexibility index (Phi) is 5.11. The van der Waals surface area contributed by atoms with E-state index in [1.807, 2.05) is 30.0 Å². The van der Waals surface area contributed by atoms with Gasteiger partial charge in [0, 0.05) is 37.7 Å². The van der Waals surface area contributed by atoms with E-state index < -0.39 is 0 Å². The van der Waals surface area contributed by atoms with Crippen molar-refractivity contribution in [1.82, 2.24) is 20.0 Å². The average molecular weight is 370 g/mol. The minimum atomic E-state index is 0.0800. The maximum absolute atomic E-state index is 12.9. The van der Waals surface area contributed by atoms with Crippen LogP contribution in [0.4, 0.5) is 0 Å². The van der Waals surface area contributed by atoms with E-state index in [0.29, 0.717) is 30.5 Å². The molecule has 2 aromatic rings. The second kappa shape index (κ2) is 7.68. The molecule has 1 amide bonds. The number of nitrogens with zero attached hydrogens (tertiary/aromatic N) is 4. The molecule has 0 bridgehead atoms. The summed E-state index contributed by atoms with van der Waals surface area (Å²) < 4.78 is 11.1. The first-order chi connectivity index (χ1) is 13.1. The van der Waals surface area contributed by atoms with Crippen molar-refractivity contribution in [2.24, 2.45) is 0 Å². The Morgan fingerprint density at radius 1 is 1.22 bits per heavy atom. The number of hydrogen-bond acceptors (Lipinski definition) is 6. The lowest BCUT2D eigenvalue weighted by Gasteiger charge is -2.21. The first kappa shape index (κ1) is 18.0. The standard InChI is InChI=1S/C20H26N4O3/c1-14-12-16(6-7-17(14)26-2)20(25)24-9-3-8-23(10-11-24)13-18-21-22-19(27-18)15-4-5-15/h6-7,12,15H,3-5,8-11,13H2,1-2H3. The van der Waals surface area contributed by atoms with E-state index in [-0.39, 0.29) is 5.91 Å². The van der Waals surface area contributed by atoms with Gasteiger partial charge in [-0.15, -0.1) is 10.2 Å². The fourth-order valence-corrected chi connectivity index (χ4v) is 3.54. The smallest absolute Gasteiger partial charge is 0.253 e. The van der Waals surface area contributed by atoms with Gasteiger partial charge in [0.1, 0.15) is 5.75 Å². The quantitative estimate of drug-likeness (QED) is 0.806. The fraction of sp³-hybridized carbons (Fsp3) is 0.550. The molecule has 1 aliphatic heterocycles.